The first-order valence-corrected chi connectivity index (χ1v) is 7.44. The highest BCUT2D eigenvalue weighted by Crippen LogP contribution is 2.29. The van der Waals surface area contributed by atoms with Gasteiger partial charge in [0.25, 0.3) is 5.56 Å². The maximum absolute atomic E-state index is 12.3. The van der Waals surface area contributed by atoms with Gasteiger partial charge in [-0.2, -0.15) is 5.10 Å². The quantitative estimate of drug-likeness (QED) is 0.859. The van der Waals surface area contributed by atoms with Crippen LogP contribution in [-0.2, 0) is 11.3 Å². The van der Waals surface area contributed by atoms with E-state index >= 15 is 0 Å². The number of hydrogen-bond acceptors (Lipinski definition) is 6. The molecule has 0 bridgehead atoms. The Morgan fingerprint density at radius 1 is 1.50 bits per heavy atom. The Labute approximate surface area is 128 Å². The molecule has 3 rings (SSSR count). The first-order chi connectivity index (χ1) is 10.7. The number of anilines is 1. The van der Waals surface area contributed by atoms with Crippen molar-refractivity contribution in [3.63, 3.8) is 0 Å². The van der Waals surface area contributed by atoms with Gasteiger partial charge in [0.05, 0.1) is 6.10 Å². The van der Waals surface area contributed by atoms with Crippen molar-refractivity contribution in [2.45, 2.75) is 31.9 Å². The summed E-state index contributed by atoms with van der Waals surface area (Å²) in [5, 5.41) is 6.81. The summed E-state index contributed by atoms with van der Waals surface area (Å²) in [5.41, 5.74) is -0.0817. The molecule has 1 aliphatic rings. The summed E-state index contributed by atoms with van der Waals surface area (Å²) in [5.74, 6) is 1.45. The summed E-state index contributed by atoms with van der Waals surface area (Å²) in [6, 6.07) is 0. The topological polar surface area (TPSA) is 88.9 Å². The molecule has 8 heteroatoms. The lowest BCUT2D eigenvalue weighted by atomic mass is 10.0. The second kappa shape index (κ2) is 6.27. The van der Waals surface area contributed by atoms with Crippen molar-refractivity contribution < 1.29 is 4.74 Å². The third-order valence-electron chi connectivity index (χ3n) is 4.05. The Morgan fingerprint density at radius 3 is 3.09 bits per heavy atom. The minimum Gasteiger partial charge on any atom is -0.376 e. The van der Waals surface area contributed by atoms with Crippen LogP contribution in [0.5, 0.6) is 0 Å². The average Bonchev–Trinajstić information content (AvgIpc) is 3.18. The van der Waals surface area contributed by atoms with Gasteiger partial charge in [0.1, 0.15) is 12.2 Å². The highest BCUT2D eigenvalue weighted by molar-refractivity contribution is 5.34. The molecule has 1 N–H and O–H groups in total. The zero-order chi connectivity index (χ0) is 15.5. The van der Waals surface area contributed by atoms with E-state index in [9.17, 15) is 4.79 Å². The van der Waals surface area contributed by atoms with Gasteiger partial charge in [-0.15, -0.1) is 0 Å². The molecule has 0 saturated carbocycles. The second-order valence-electron chi connectivity index (χ2n) is 5.40. The van der Waals surface area contributed by atoms with Crippen LogP contribution in [0.2, 0.25) is 0 Å². The number of hydrogen-bond donors (Lipinski definition) is 1. The van der Waals surface area contributed by atoms with Crippen LogP contribution in [0, 0.1) is 0 Å². The molecule has 1 aliphatic heterocycles. The van der Waals surface area contributed by atoms with E-state index in [4.69, 9.17) is 4.74 Å². The van der Waals surface area contributed by atoms with Crippen LogP contribution in [0.15, 0.2) is 23.5 Å². The highest BCUT2D eigenvalue weighted by atomic mass is 16.5. The number of ether oxygens (including phenoxy) is 1. The zero-order valence-electron chi connectivity index (χ0n) is 12.8. The average molecular weight is 304 g/mol. The van der Waals surface area contributed by atoms with Gasteiger partial charge in [-0.25, -0.2) is 9.97 Å². The largest absolute Gasteiger partial charge is 0.376 e. The second-order valence-corrected chi connectivity index (χ2v) is 5.40. The SMILES string of the molecule is CCn1ccnc(N(C)C[C@H]2OCC[C@H]2c2ncn[nH]2)c1=O. The number of rotatable bonds is 5. The number of likely N-dealkylation sites (N-methyl/N-ethyl adjacent to an activating group) is 1. The number of nitrogens with zero attached hydrogens (tertiary/aromatic N) is 5. The maximum atomic E-state index is 12.3. The number of aromatic amines is 1. The number of H-pyrrole nitrogens is 1. The molecule has 3 heterocycles. The molecule has 0 amide bonds. The molecule has 0 aromatic carbocycles. The molecule has 0 spiro atoms. The Morgan fingerprint density at radius 2 is 2.36 bits per heavy atom. The minimum atomic E-state index is -0.0817. The maximum Gasteiger partial charge on any atom is 0.293 e. The van der Waals surface area contributed by atoms with E-state index in [-0.39, 0.29) is 17.6 Å². The van der Waals surface area contributed by atoms with Crippen LogP contribution < -0.4 is 10.5 Å². The van der Waals surface area contributed by atoms with Crippen molar-refractivity contribution in [2.75, 3.05) is 25.1 Å². The molecule has 0 radical (unpaired) electrons. The van der Waals surface area contributed by atoms with Crippen LogP contribution in [0.25, 0.3) is 0 Å². The first kappa shape index (κ1) is 14.7. The summed E-state index contributed by atoms with van der Waals surface area (Å²) in [7, 11) is 1.86. The predicted molar refractivity (Wildman–Crippen MR) is 80.9 cm³/mol. The molecule has 8 nitrogen and oxygen atoms in total. The van der Waals surface area contributed by atoms with Gasteiger partial charge < -0.3 is 14.2 Å². The molecular formula is C14H20N6O2. The summed E-state index contributed by atoms with van der Waals surface area (Å²) in [4.78, 5) is 22.6. The number of nitrogens with one attached hydrogen (secondary N) is 1. The fourth-order valence-electron chi connectivity index (χ4n) is 2.84. The zero-order valence-corrected chi connectivity index (χ0v) is 12.8. The standard InChI is InChI=1S/C14H20N6O2/c1-3-20-6-5-15-13(14(20)21)19(2)8-11-10(4-7-22-11)12-16-9-17-18-12/h5-6,9-11H,3-4,7-8H2,1-2H3,(H,16,17,18)/t10-,11-/m1/s1. The van der Waals surface area contributed by atoms with Crippen LogP contribution in [0.3, 0.4) is 0 Å². The van der Waals surface area contributed by atoms with Crippen molar-refractivity contribution in [2.24, 2.45) is 0 Å². The highest BCUT2D eigenvalue weighted by Gasteiger charge is 2.33. The molecule has 2 aromatic heterocycles. The Bertz CT molecular complexity index is 668. The van der Waals surface area contributed by atoms with E-state index in [1.54, 1.807) is 17.0 Å². The minimum absolute atomic E-state index is 0.0329. The summed E-state index contributed by atoms with van der Waals surface area (Å²) < 4.78 is 7.45. The van der Waals surface area contributed by atoms with Crippen molar-refractivity contribution in [3.05, 3.63) is 34.9 Å². The van der Waals surface area contributed by atoms with Gasteiger partial charge in [-0.05, 0) is 13.3 Å². The monoisotopic (exact) mass is 304 g/mol. The third-order valence-corrected chi connectivity index (χ3v) is 4.05. The van der Waals surface area contributed by atoms with E-state index in [0.29, 0.717) is 25.5 Å². The lowest BCUT2D eigenvalue weighted by Gasteiger charge is -2.24. The van der Waals surface area contributed by atoms with Crippen molar-refractivity contribution >= 4 is 5.82 Å². The normalized spacial score (nSPS) is 21.2. The molecule has 118 valence electrons. The predicted octanol–water partition coefficient (Wildman–Crippen LogP) is 0.390. The van der Waals surface area contributed by atoms with Gasteiger partial charge in [0.15, 0.2) is 5.82 Å². The lowest BCUT2D eigenvalue weighted by molar-refractivity contribution is 0.108. The summed E-state index contributed by atoms with van der Waals surface area (Å²) >= 11 is 0. The Kier molecular flexibility index (Phi) is 4.19. The van der Waals surface area contributed by atoms with Gasteiger partial charge in [-0.1, -0.05) is 0 Å². The van der Waals surface area contributed by atoms with Gasteiger partial charge in [0.2, 0.25) is 0 Å². The Hall–Kier alpha value is -2.22. The molecule has 2 atom stereocenters. The molecule has 0 unspecified atom stereocenters. The lowest BCUT2D eigenvalue weighted by Crippen LogP contribution is -2.37. The van der Waals surface area contributed by atoms with Gasteiger partial charge in [0, 0.05) is 45.1 Å². The van der Waals surface area contributed by atoms with E-state index in [2.05, 4.69) is 20.2 Å². The Balaban J connectivity index is 1.76. The fourth-order valence-corrected chi connectivity index (χ4v) is 2.84. The number of aryl methyl sites for hydroxylation is 1. The molecule has 22 heavy (non-hydrogen) atoms. The summed E-state index contributed by atoms with van der Waals surface area (Å²) in [6.07, 6.45) is 5.72. The van der Waals surface area contributed by atoms with Gasteiger partial charge in [-0.3, -0.25) is 9.89 Å². The smallest absolute Gasteiger partial charge is 0.293 e. The first-order valence-electron chi connectivity index (χ1n) is 7.44. The van der Waals surface area contributed by atoms with Crippen LogP contribution >= 0.6 is 0 Å². The van der Waals surface area contributed by atoms with E-state index in [1.165, 1.54) is 6.33 Å². The molecule has 0 aliphatic carbocycles. The fraction of sp³-hybridized carbons (Fsp3) is 0.571. The van der Waals surface area contributed by atoms with Crippen molar-refractivity contribution in [3.8, 4) is 0 Å². The van der Waals surface area contributed by atoms with E-state index < -0.39 is 0 Å². The van der Waals surface area contributed by atoms with Crippen LogP contribution in [0.4, 0.5) is 5.82 Å². The molecule has 1 saturated heterocycles. The van der Waals surface area contributed by atoms with Crippen LogP contribution in [0.1, 0.15) is 25.1 Å². The molecule has 1 fully saturated rings. The number of aromatic nitrogens is 5. The van der Waals surface area contributed by atoms with Crippen LogP contribution in [-0.4, -0.2) is 51.0 Å². The van der Waals surface area contributed by atoms with E-state index in [0.717, 1.165) is 12.2 Å². The van der Waals surface area contributed by atoms with Crippen molar-refractivity contribution in [1.29, 1.82) is 0 Å². The molecular weight excluding hydrogens is 284 g/mol. The molecule has 2 aromatic rings. The van der Waals surface area contributed by atoms with E-state index in [1.807, 2.05) is 18.9 Å². The van der Waals surface area contributed by atoms with Gasteiger partial charge >= 0.3 is 0 Å². The third kappa shape index (κ3) is 2.74. The summed E-state index contributed by atoms with van der Waals surface area (Å²) in [6.45, 7) is 3.83. The van der Waals surface area contributed by atoms with Crippen molar-refractivity contribution in [1.82, 2.24) is 24.7 Å².